The van der Waals surface area contributed by atoms with Crippen molar-refractivity contribution in [2.24, 2.45) is 0 Å². The number of hydrogen-bond acceptors (Lipinski definition) is 3. The summed E-state index contributed by atoms with van der Waals surface area (Å²) < 4.78 is 1.89. The first kappa shape index (κ1) is 16.8. The van der Waals surface area contributed by atoms with Crippen LogP contribution in [0.1, 0.15) is 47.4 Å². The molecule has 4 rings (SSSR count). The molecule has 0 spiro atoms. The fourth-order valence-electron chi connectivity index (χ4n) is 3.86. The summed E-state index contributed by atoms with van der Waals surface area (Å²) in [4.78, 5) is 15.4. The molecule has 0 N–H and O–H groups in total. The van der Waals surface area contributed by atoms with Gasteiger partial charge in [0.05, 0.1) is 5.56 Å². The summed E-state index contributed by atoms with van der Waals surface area (Å²) in [6, 6.07) is 14.5. The van der Waals surface area contributed by atoms with E-state index in [-0.39, 0.29) is 5.91 Å². The minimum atomic E-state index is 0.114. The van der Waals surface area contributed by atoms with Gasteiger partial charge in [0, 0.05) is 18.8 Å². The maximum absolute atomic E-state index is 13.3. The topological polar surface area (TPSA) is 50.5 Å². The molecule has 0 atom stereocenters. The molecule has 2 aromatic heterocycles. The number of hydrogen-bond donors (Lipinski definition) is 0. The first-order valence-corrected chi connectivity index (χ1v) is 9.38. The highest BCUT2D eigenvalue weighted by molar-refractivity contribution is 5.94. The molecule has 1 aliphatic carbocycles. The van der Waals surface area contributed by atoms with Crippen LogP contribution in [0.3, 0.4) is 0 Å². The highest BCUT2D eigenvalue weighted by atomic mass is 16.2. The summed E-state index contributed by atoms with van der Waals surface area (Å²) in [6.07, 6.45) is 7.39. The molecule has 0 aliphatic heterocycles. The third-order valence-electron chi connectivity index (χ3n) is 5.33. The van der Waals surface area contributed by atoms with Gasteiger partial charge in [-0.2, -0.15) is 0 Å². The van der Waals surface area contributed by atoms with Crippen LogP contribution in [-0.4, -0.2) is 38.0 Å². The van der Waals surface area contributed by atoms with E-state index in [4.69, 9.17) is 0 Å². The average molecular weight is 348 g/mol. The van der Waals surface area contributed by atoms with E-state index in [0.29, 0.717) is 11.6 Å². The lowest BCUT2D eigenvalue weighted by Gasteiger charge is -2.29. The van der Waals surface area contributed by atoms with Gasteiger partial charge < -0.3 is 4.90 Å². The molecule has 3 aromatic rings. The van der Waals surface area contributed by atoms with Crippen LogP contribution in [0.5, 0.6) is 0 Å². The Bertz CT molecular complexity index is 897. The number of pyridine rings is 1. The average Bonchev–Trinajstić information content (AvgIpc) is 3.33. The molecular weight excluding hydrogens is 324 g/mol. The second-order valence-corrected chi connectivity index (χ2v) is 7.07. The second kappa shape index (κ2) is 7.28. The summed E-state index contributed by atoms with van der Waals surface area (Å²) in [7, 11) is 0. The van der Waals surface area contributed by atoms with Crippen LogP contribution in [0.2, 0.25) is 0 Å². The summed E-state index contributed by atoms with van der Waals surface area (Å²) >= 11 is 0. The molecule has 0 radical (unpaired) electrons. The van der Waals surface area contributed by atoms with Crippen molar-refractivity contribution in [1.29, 1.82) is 0 Å². The largest absolute Gasteiger partial charge is 0.335 e. The summed E-state index contributed by atoms with van der Waals surface area (Å²) in [5.41, 5.74) is 2.75. The Morgan fingerprint density at radius 2 is 1.88 bits per heavy atom. The van der Waals surface area contributed by atoms with Gasteiger partial charge in [0.1, 0.15) is 5.82 Å². The fraction of sp³-hybridized carbons (Fsp3) is 0.381. The molecule has 1 saturated carbocycles. The van der Waals surface area contributed by atoms with Gasteiger partial charge in [-0.1, -0.05) is 43.2 Å². The second-order valence-electron chi connectivity index (χ2n) is 7.07. The van der Waals surface area contributed by atoms with Gasteiger partial charge >= 0.3 is 0 Å². The van der Waals surface area contributed by atoms with Gasteiger partial charge in [0.25, 0.3) is 5.91 Å². The van der Waals surface area contributed by atoms with E-state index in [1.165, 1.54) is 18.4 Å². The van der Waals surface area contributed by atoms with Gasteiger partial charge in [-0.3, -0.25) is 9.20 Å². The molecule has 1 amide bonds. The fourth-order valence-corrected chi connectivity index (χ4v) is 3.86. The van der Waals surface area contributed by atoms with Crippen molar-refractivity contribution < 1.29 is 4.79 Å². The first-order chi connectivity index (χ1) is 12.7. The van der Waals surface area contributed by atoms with Crippen LogP contribution in [0, 0.1) is 6.92 Å². The number of fused-ring (bicyclic) bond motifs is 1. The lowest BCUT2D eigenvalue weighted by atomic mass is 10.1. The van der Waals surface area contributed by atoms with Crippen LogP contribution < -0.4 is 0 Å². The molecule has 0 unspecified atom stereocenters. The maximum atomic E-state index is 13.3. The maximum Gasteiger partial charge on any atom is 0.255 e. The molecule has 0 saturated heterocycles. The van der Waals surface area contributed by atoms with Crippen molar-refractivity contribution in [3.63, 3.8) is 0 Å². The Morgan fingerprint density at radius 1 is 1.12 bits per heavy atom. The third kappa shape index (κ3) is 3.34. The van der Waals surface area contributed by atoms with E-state index in [1.54, 1.807) is 0 Å². The van der Waals surface area contributed by atoms with E-state index < -0.39 is 0 Å². The number of aromatic nitrogens is 3. The Labute approximate surface area is 153 Å². The number of benzene rings is 1. The predicted molar refractivity (Wildman–Crippen MR) is 101 cm³/mol. The normalized spacial score (nSPS) is 14.8. The van der Waals surface area contributed by atoms with Crippen molar-refractivity contribution in [3.05, 3.63) is 65.6 Å². The van der Waals surface area contributed by atoms with Gasteiger partial charge in [-0.15, -0.1) is 10.2 Å². The lowest BCUT2D eigenvalue weighted by molar-refractivity contribution is 0.0683. The number of carbonyl (C=O) groups excluding carboxylic acids is 1. The van der Waals surface area contributed by atoms with E-state index in [0.717, 1.165) is 37.3 Å². The van der Waals surface area contributed by atoms with Crippen LogP contribution in [0.4, 0.5) is 0 Å². The summed E-state index contributed by atoms with van der Waals surface area (Å²) in [6.45, 7) is 2.66. The predicted octanol–water partition coefficient (Wildman–Crippen LogP) is 3.67. The van der Waals surface area contributed by atoms with Crippen LogP contribution in [0.25, 0.3) is 5.65 Å². The first-order valence-electron chi connectivity index (χ1n) is 9.38. The summed E-state index contributed by atoms with van der Waals surface area (Å²) in [5.74, 6) is 0.911. The van der Waals surface area contributed by atoms with Crippen molar-refractivity contribution in [2.45, 2.75) is 45.1 Å². The molecule has 1 fully saturated rings. The molecule has 5 nitrogen and oxygen atoms in total. The van der Waals surface area contributed by atoms with Crippen molar-refractivity contribution >= 4 is 11.6 Å². The molecule has 5 heteroatoms. The number of rotatable bonds is 5. The van der Waals surface area contributed by atoms with E-state index >= 15 is 0 Å². The Balaban J connectivity index is 1.58. The lowest BCUT2D eigenvalue weighted by Crippen LogP contribution is -2.40. The molecule has 2 heterocycles. The number of nitrogens with zero attached hydrogens (tertiary/aromatic N) is 4. The Hall–Kier alpha value is -2.69. The zero-order valence-electron chi connectivity index (χ0n) is 15.1. The molecule has 26 heavy (non-hydrogen) atoms. The van der Waals surface area contributed by atoms with Crippen molar-refractivity contribution in [2.75, 3.05) is 6.54 Å². The Kier molecular flexibility index (Phi) is 4.69. The van der Waals surface area contributed by atoms with Crippen molar-refractivity contribution in [1.82, 2.24) is 19.5 Å². The monoisotopic (exact) mass is 348 g/mol. The van der Waals surface area contributed by atoms with E-state index in [9.17, 15) is 4.79 Å². The molecule has 0 bridgehead atoms. The summed E-state index contributed by atoms with van der Waals surface area (Å²) in [5, 5.41) is 8.19. The minimum Gasteiger partial charge on any atom is -0.335 e. The van der Waals surface area contributed by atoms with E-state index in [2.05, 4.69) is 39.4 Å². The number of aryl methyl sites for hydroxylation is 1. The van der Waals surface area contributed by atoms with Gasteiger partial charge in [-0.05, 0) is 43.9 Å². The minimum absolute atomic E-state index is 0.114. The highest BCUT2D eigenvalue weighted by Crippen LogP contribution is 2.25. The number of carbonyl (C=O) groups is 1. The van der Waals surface area contributed by atoms with Gasteiger partial charge in [0.15, 0.2) is 5.65 Å². The van der Waals surface area contributed by atoms with E-state index in [1.807, 2.05) is 35.7 Å². The molecule has 134 valence electrons. The van der Waals surface area contributed by atoms with Crippen LogP contribution >= 0.6 is 0 Å². The SMILES string of the molecule is Cc1nnc2ccc(C(=O)N(CCc3ccccc3)C3CCCC3)cn12. The zero-order valence-corrected chi connectivity index (χ0v) is 15.1. The standard InChI is InChI=1S/C21H24N4O/c1-16-22-23-20-12-11-18(15-25(16)20)21(26)24(19-9-5-6-10-19)14-13-17-7-3-2-4-8-17/h2-4,7-8,11-12,15,19H,5-6,9-10,13-14H2,1H3. The molecule has 1 aromatic carbocycles. The van der Waals surface area contributed by atoms with Crippen LogP contribution in [-0.2, 0) is 6.42 Å². The number of amides is 1. The van der Waals surface area contributed by atoms with Crippen molar-refractivity contribution in [3.8, 4) is 0 Å². The molecular formula is C21H24N4O. The molecule has 1 aliphatic rings. The smallest absolute Gasteiger partial charge is 0.255 e. The Morgan fingerprint density at radius 3 is 2.65 bits per heavy atom. The van der Waals surface area contributed by atoms with Crippen LogP contribution in [0.15, 0.2) is 48.7 Å². The van der Waals surface area contributed by atoms with Gasteiger partial charge in [0.2, 0.25) is 0 Å². The highest BCUT2D eigenvalue weighted by Gasteiger charge is 2.27. The van der Waals surface area contributed by atoms with Gasteiger partial charge in [-0.25, -0.2) is 0 Å². The quantitative estimate of drug-likeness (QED) is 0.707. The zero-order chi connectivity index (χ0) is 17.9. The third-order valence-corrected chi connectivity index (χ3v) is 5.33.